The Labute approximate surface area is 140 Å². The summed E-state index contributed by atoms with van der Waals surface area (Å²) in [6.45, 7) is 0. The van der Waals surface area contributed by atoms with Crippen molar-refractivity contribution in [3.63, 3.8) is 0 Å². The highest BCUT2D eigenvalue weighted by Gasteiger charge is 2.60. The van der Waals surface area contributed by atoms with Crippen LogP contribution in [0.3, 0.4) is 0 Å². The van der Waals surface area contributed by atoms with E-state index in [2.05, 4.69) is 0 Å². The lowest BCUT2D eigenvalue weighted by Gasteiger charge is -2.35. The molecule has 0 radical (unpaired) electrons. The normalized spacial score (nSPS) is 13.8. The van der Waals surface area contributed by atoms with Crippen molar-refractivity contribution in [3.05, 3.63) is 70.8 Å². The van der Waals surface area contributed by atoms with E-state index in [4.69, 9.17) is 0 Å². The minimum Gasteiger partial charge on any atom is -0.372 e. The van der Waals surface area contributed by atoms with Gasteiger partial charge in [-0.15, -0.1) is 0 Å². The first-order valence-corrected chi connectivity index (χ1v) is 6.83. The van der Waals surface area contributed by atoms with E-state index in [0.717, 1.165) is 24.3 Å². The summed E-state index contributed by atoms with van der Waals surface area (Å²) < 4.78 is 120. The maximum Gasteiger partial charge on any atom is 0.425 e. The van der Waals surface area contributed by atoms with Gasteiger partial charge in [0, 0.05) is 11.1 Å². The van der Waals surface area contributed by atoms with Crippen LogP contribution in [-0.4, -0.2) is 11.3 Å². The Morgan fingerprint density at radius 1 is 0.500 bits per heavy atom. The quantitative estimate of drug-likeness (QED) is 0.672. The molecule has 0 aliphatic heterocycles. The van der Waals surface area contributed by atoms with Gasteiger partial charge in [-0.3, -0.25) is 0 Å². The fraction of sp³-hybridized carbons (Fsp3) is 0.250. The Morgan fingerprint density at radius 3 is 1.00 bits per heavy atom. The number of alkyl halides is 9. The van der Waals surface area contributed by atoms with Gasteiger partial charge in [0.05, 0.1) is 11.1 Å². The third-order valence-corrected chi connectivity index (χ3v) is 3.65. The zero-order valence-corrected chi connectivity index (χ0v) is 12.5. The van der Waals surface area contributed by atoms with Crippen LogP contribution in [0.15, 0.2) is 48.5 Å². The van der Waals surface area contributed by atoms with Crippen LogP contribution in [0.4, 0.5) is 39.5 Å². The first kappa shape index (κ1) is 20.1. The molecular formula is C16H9F9O. The molecule has 1 nitrogen and oxygen atoms in total. The van der Waals surface area contributed by atoms with Gasteiger partial charge >= 0.3 is 18.5 Å². The van der Waals surface area contributed by atoms with Crippen molar-refractivity contribution in [2.75, 3.05) is 0 Å². The van der Waals surface area contributed by atoms with Gasteiger partial charge in [-0.05, 0) is 12.1 Å². The molecule has 2 rings (SSSR count). The number of halogens is 9. The van der Waals surface area contributed by atoms with Gasteiger partial charge in [0.1, 0.15) is 0 Å². The van der Waals surface area contributed by atoms with E-state index in [-0.39, 0.29) is 12.1 Å². The number of hydrogen-bond donors (Lipinski definition) is 1. The average Bonchev–Trinajstić information content (AvgIpc) is 2.51. The van der Waals surface area contributed by atoms with E-state index in [1.54, 1.807) is 0 Å². The van der Waals surface area contributed by atoms with Gasteiger partial charge in [0.2, 0.25) is 5.60 Å². The predicted molar refractivity (Wildman–Crippen MR) is 71.9 cm³/mol. The van der Waals surface area contributed by atoms with Crippen molar-refractivity contribution in [1.29, 1.82) is 0 Å². The average molecular weight is 388 g/mol. The molecule has 0 bridgehead atoms. The molecule has 0 heterocycles. The standard InChI is InChI=1S/C16H9F9O/c17-14(18,19)11-7-3-1-5-9(11)13(26,16(23,24)25)10-6-2-4-8-12(10)15(20,21)22/h1-8,26H. The fourth-order valence-corrected chi connectivity index (χ4v) is 2.54. The van der Waals surface area contributed by atoms with Gasteiger partial charge < -0.3 is 5.11 Å². The van der Waals surface area contributed by atoms with E-state index in [1.165, 1.54) is 0 Å². The van der Waals surface area contributed by atoms with Crippen molar-refractivity contribution < 1.29 is 44.6 Å². The SMILES string of the molecule is OC(c1ccccc1C(F)(F)F)(c1ccccc1C(F)(F)F)C(F)(F)F. The maximum absolute atomic E-state index is 13.6. The molecule has 26 heavy (non-hydrogen) atoms. The lowest BCUT2D eigenvalue weighted by atomic mass is 9.80. The zero-order chi connectivity index (χ0) is 20.0. The minimum absolute atomic E-state index is 0.252. The highest BCUT2D eigenvalue weighted by atomic mass is 19.4. The van der Waals surface area contributed by atoms with Crippen molar-refractivity contribution in [2.24, 2.45) is 0 Å². The summed E-state index contributed by atoms with van der Waals surface area (Å²) in [4.78, 5) is 0. The molecule has 0 atom stereocenters. The van der Waals surface area contributed by atoms with Crippen LogP contribution in [-0.2, 0) is 18.0 Å². The second-order valence-corrected chi connectivity index (χ2v) is 5.29. The number of rotatable bonds is 2. The van der Waals surface area contributed by atoms with E-state index in [1.807, 2.05) is 0 Å². The van der Waals surface area contributed by atoms with Gasteiger partial charge in [0.25, 0.3) is 0 Å². The van der Waals surface area contributed by atoms with Crippen molar-refractivity contribution in [3.8, 4) is 0 Å². The molecule has 0 aromatic heterocycles. The number of aliphatic hydroxyl groups is 1. The van der Waals surface area contributed by atoms with E-state index in [9.17, 15) is 44.6 Å². The first-order chi connectivity index (χ1) is 11.7. The Hall–Kier alpha value is -2.23. The highest BCUT2D eigenvalue weighted by molar-refractivity contribution is 5.47. The van der Waals surface area contributed by atoms with Crippen LogP contribution in [0.25, 0.3) is 0 Å². The molecule has 2 aromatic rings. The topological polar surface area (TPSA) is 20.2 Å². The zero-order valence-electron chi connectivity index (χ0n) is 12.5. The second-order valence-electron chi connectivity index (χ2n) is 5.29. The molecule has 10 heteroatoms. The lowest BCUT2D eigenvalue weighted by molar-refractivity contribution is -0.252. The van der Waals surface area contributed by atoms with Gasteiger partial charge in [-0.1, -0.05) is 36.4 Å². The third-order valence-electron chi connectivity index (χ3n) is 3.65. The molecule has 0 fully saturated rings. The monoisotopic (exact) mass is 388 g/mol. The summed E-state index contributed by atoms with van der Waals surface area (Å²) in [5, 5.41) is 10.3. The molecular weight excluding hydrogens is 379 g/mol. The lowest BCUT2D eigenvalue weighted by Crippen LogP contribution is -2.46. The van der Waals surface area contributed by atoms with Gasteiger partial charge in [0.15, 0.2) is 0 Å². The van der Waals surface area contributed by atoms with Crippen molar-refractivity contribution >= 4 is 0 Å². The maximum atomic E-state index is 13.6. The van der Waals surface area contributed by atoms with Crippen LogP contribution in [0.5, 0.6) is 0 Å². The van der Waals surface area contributed by atoms with Crippen LogP contribution in [0, 0.1) is 0 Å². The van der Waals surface area contributed by atoms with Crippen LogP contribution < -0.4 is 0 Å². The summed E-state index contributed by atoms with van der Waals surface area (Å²) in [7, 11) is 0. The number of hydrogen-bond acceptors (Lipinski definition) is 1. The molecule has 0 saturated heterocycles. The first-order valence-electron chi connectivity index (χ1n) is 6.83. The molecule has 1 N–H and O–H groups in total. The van der Waals surface area contributed by atoms with Crippen LogP contribution in [0.2, 0.25) is 0 Å². The predicted octanol–water partition coefficient (Wildman–Crippen LogP) is 5.52. The smallest absolute Gasteiger partial charge is 0.372 e. The molecule has 2 aromatic carbocycles. The fourth-order valence-electron chi connectivity index (χ4n) is 2.54. The summed E-state index contributed by atoms with van der Waals surface area (Å²) in [5.74, 6) is 0. The van der Waals surface area contributed by atoms with E-state index in [0.29, 0.717) is 12.1 Å². The van der Waals surface area contributed by atoms with Gasteiger partial charge in [-0.25, -0.2) is 0 Å². The Kier molecular flexibility index (Phi) is 4.78. The molecule has 0 unspecified atom stereocenters. The van der Waals surface area contributed by atoms with Crippen LogP contribution in [0.1, 0.15) is 22.3 Å². The molecule has 0 spiro atoms. The largest absolute Gasteiger partial charge is 0.425 e. The van der Waals surface area contributed by atoms with E-state index >= 15 is 0 Å². The van der Waals surface area contributed by atoms with Crippen molar-refractivity contribution in [1.82, 2.24) is 0 Å². The molecule has 0 aliphatic rings. The highest BCUT2D eigenvalue weighted by Crippen LogP contribution is 2.50. The molecule has 142 valence electrons. The summed E-state index contributed by atoms with van der Waals surface area (Å²) >= 11 is 0. The summed E-state index contributed by atoms with van der Waals surface area (Å²) in [5.41, 5.74) is -11.8. The van der Waals surface area contributed by atoms with Crippen LogP contribution >= 0.6 is 0 Å². The molecule has 0 saturated carbocycles. The van der Waals surface area contributed by atoms with Crippen molar-refractivity contribution in [2.45, 2.75) is 24.1 Å². The third kappa shape index (κ3) is 3.37. The van der Waals surface area contributed by atoms with E-state index < -0.39 is 46.4 Å². The Balaban J connectivity index is 2.93. The Bertz CT molecular complexity index is 730. The summed E-state index contributed by atoms with van der Waals surface area (Å²) in [6, 6.07) is 4.14. The summed E-state index contributed by atoms with van der Waals surface area (Å²) in [6.07, 6.45) is -16.5. The molecule has 0 aliphatic carbocycles. The Morgan fingerprint density at radius 2 is 0.769 bits per heavy atom. The number of benzene rings is 2. The minimum atomic E-state index is -5.87. The second kappa shape index (κ2) is 6.19. The molecule has 0 amide bonds. The van der Waals surface area contributed by atoms with Gasteiger partial charge in [-0.2, -0.15) is 39.5 Å².